The van der Waals surface area contributed by atoms with E-state index in [2.05, 4.69) is 13.8 Å². The third-order valence-electron chi connectivity index (χ3n) is 9.52. The van der Waals surface area contributed by atoms with E-state index in [1.807, 2.05) is 0 Å². The fraction of sp³-hybridized carbons (Fsp3) is 0.974. The van der Waals surface area contributed by atoms with Crippen LogP contribution in [0.2, 0.25) is 0 Å². The van der Waals surface area contributed by atoms with Gasteiger partial charge in [0.15, 0.2) is 6.29 Å². The molecule has 0 amide bonds. The van der Waals surface area contributed by atoms with Crippen molar-refractivity contribution < 1.29 is 44.2 Å². The van der Waals surface area contributed by atoms with Gasteiger partial charge in [0, 0.05) is 13.0 Å². The van der Waals surface area contributed by atoms with E-state index >= 15 is 0 Å². The van der Waals surface area contributed by atoms with Gasteiger partial charge < -0.3 is 39.4 Å². The van der Waals surface area contributed by atoms with Gasteiger partial charge in [-0.2, -0.15) is 0 Å². The second-order valence-electron chi connectivity index (χ2n) is 14.1. The molecule has 9 nitrogen and oxygen atoms in total. The summed E-state index contributed by atoms with van der Waals surface area (Å²) in [5.41, 5.74) is 0. The molecule has 1 aliphatic heterocycles. The summed E-state index contributed by atoms with van der Waals surface area (Å²) in [7, 11) is 0. The SMILES string of the molecule is CCCCCCCCCCCCCCCCCCCCCCCOCC(COC1OC(CO)C(O)C(O)C1O)OC(=O)CCCCCC. The minimum Gasteiger partial charge on any atom is -0.457 e. The molecular formula is C39H76O9. The van der Waals surface area contributed by atoms with Crippen molar-refractivity contribution in [3.8, 4) is 0 Å². The molecule has 9 heteroatoms. The van der Waals surface area contributed by atoms with Crippen LogP contribution in [0.3, 0.4) is 0 Å². The van der Waals surface area contributed by atoms with Gasteiger partial charge in [0.1, 0.15) is 30.5 Å². The number of hydrogen-bond acceptors (Lipinski definition) is 9. The number of esters is 1. The Bertz CT molecular complexity index is 707. The van der Waals surface area contributed by atoms with Crippen molar-refractivity contribution in [2.24, 2.45) is 0 Å². The quantitative estimate of drug-likeness (QED) is 0.0393. The highest BCUT2D eigenvalue weighted by Gasteiger charge is 2.44. The summed E-state index contributed by atoms with van der Waals surface area (Å²) >= 11 is 0. The number of ether oxygens (including phenoxy) is 4. The predicted molar refractivity (Wildman–Crippen MR) is 192 cm³/mol. The van der Waals surface area contributed by atoms with E-state index in [0.29, 0.717) is 13.0 Å². The first-order chi connectivity index (χ1) is 23.4. The van der Waals surface area contributed by atoms with Crippen molar-refractivity contribution in [1.82, 2.24) is 0 Å². The molecule has 6 atom stereocenters. The molecule has 4 N–H and O–H groups in total. The Kier molecular flexibility index (Phi) is 30.3. The summed E-state index contributed by atoms with van der Waals surface area (Å²) in [5, 5.41) is 39.7. The van der Waals surface area contributed by atoms with E-state index in [1.165, 1.54) is 122 Å². The smallest absolute Gasteiger partial charge is 0.306 e. The molecule has 0 bridgehead atoms. The lowest BCUT2D eigenvalue weighted by atomic mass is 9.99. The zero-order chi connectivity index (χ0) is 35.1. The lowest BCUT2D eigenvalue weighted by Crippen LogP contribution is -2.59. The molecule has 48 heavy (non-hydrogen) atoms. The molecule has 0 aromatic rings. The lowest BCUT2D eigenvalue weighted by Gasteiger charge is -2.39. The zero-order valence-corrected chi connectivity index (χ0v) is 31.0. The summed E-state index contributed by atoms with van der Waals surface area (Å²) in [4.78, 5) is 12.4. The number of unbranched alkanes of at least 4 members (excludes halogenated alkanes) is 23. The molecule has 0 aromatic carbocycles. The van der Waals surface area contributed by atoms with E-state index in [1.54, 1.807) is 0 Å². The van der Waals surface area contributed by atoms with E-state index < -0.39 is 43.4 Å². The molecule has 1 rings (SSSR count). The standard InChI is InChI=1S/C39H76O9/c1-3-5-7-9-10-11-12-13-14-15-16-17-18-19-20-21-22-23-24-25-27-29-45-31-33(47-35(41)28-26-8-6-4-2)32-46-39-38(44)37(43)36(42)34(30-40)48-39/h33-34,36-40,42-44H,3-32H2,1-2H3. The number of aliphatic hydroxyl groups excluding tert-OH is 4. The topological polar surface area (TPSA) is 135 Å². The third-order valence-corrected chi connectivity index (χ3v) is 9.52. The maximum atomic E-state index is 12.4. The molecule has 0 aromatic heterocycles. The number of rotatable bonds is 34. The Balaban J connectivity index is 2.10. The highest BCUT2D eigenvalue weighted by Crippen LogP contribution is 2.22. The van der Waals surface area contributed by atoms with Gasteiger partial charge in [-0.05, 0) is 12.8 Å². The van der Waals surface area contributed by atoms with Crippen molar-refractivity contribution in [1.29, 1.82) is 0 Å². The van der Waals surface area contributed by atoms with Crippen molar-refractivity contribution in [2.75, 3.05) is 26.4 Å². The van der Waals surface area contributed by atoms with Crippen LogP contribution in [0.5, 0.6) is 0 Å². The van der Waals surface area contributed by atoms with Crippen LogP contribution >= 0.6 is 0 Å². The Labute approximate surface area is 293 Å². The minimum atomic E-state index is -1.53. The van der Waals surface area contributed by atoms with Gasteiger partial charge in [-0.15, -0.1) is 0 Å². The van der Waals surface area contributed by atoms with Crippen LogP contribution < -0.4 is 0 Å². The van der Waals surface area contributed by atoms with Gasteiger partial charge in [0.25, 0.3) is 0 Å². The maximum Gasteiger partial charge on any atom is 0.306 e. The molecule has 1 aliphatic rings. The molecule has 0 spiro atoms. The molecular weight excluding hydrogens is 612 g/mol. The molecule has 1 saturated heterocycles. The predicted octanol–water partition coefficient (Wildman–Crippen LogP) is 7.91. The van der Waals surface area contributed by atoms with E-state index in [9.17, 15) is 25.2 Å². The van der Waals surface area contributed by atoms with Crippen LogP contribution in [0.25, 0.3) is 0 Å². The Morgan fingerprint density at radius 3 is 1.48 bits per heavy atom. The van der Waals surface area contributed by atoms with Crippen LogP contribution in [0.4, 0.5) is 0 Å². The molecule has 0 saturated carbocycles. The highest BCUT2D eigenvalue weighted by atomic mass is 16.7. The monoisotopic (exact) mass is 689 g/mol. The van der Waals surface area contributed by atoms with Gasteiger partial charge in [-0.3, -0.25) is 4.79 Å². The number of aliphatic hydroxyl groups is 4. The number of hydrogen-bond donors (Lipinski definition) is 4. The summed E-state index contributed by atoms with van der Waals surface area (Å²) in [6.07, 6.45) is 24.9. The van der Waals surface area contributed by atoms with E-state index in [0.717, 1.165) is 38.5 Å². The second kappa shape index (κ2) is 32.1. The number of carbonyl (C=O) groups excluding carboxylic acids is 1. The van der Waals surface area contributed by atoms with Crippen LogP contribution in [0, 0.1) is 0 Å². The first-order valence-electron chi connectivity index (χ1n) is 20.1. The summed E-state index contributed by atoms with van der Waals surface area (Å²) in [5.74, 6) is -0.328. The highest BCUT2D eigenvalue weighted by molar-refractivity contribution is 5.69. The van der Waals surface area contributed by atoms with Crippen molar-refractivity contribution in [3.63, 3.8) is 0 Å². The van der Waals surface area contributed by atoms with Crippen molar-refractivity contribution >= 4 is 5.97 Å². The van der Waals surface area contributed by atoms with Crippen molar-refractivity contribution in [3.05, 3.63) is 0 Å². The van der Waals surface area contributed by atoms with Gasteiger partial charge >= 0.3 is 5.97 Å². The minimum absolute atomic E-state index is 0.108. The van der Waals surface area contributed by atoms with E-state index in [4.69, 9.17) is 18.9 Å². The summed E-state index contributed by atoms with van der Waals surface area (Å²) < 4.78 is 22.5. The zero-order valence-electron chi connectivity index (χ0n) is 31.0. The molecule has 1 heterocycles. The van der Waals surface area contributed by atoms with Crippen LogP contribution in [0.15, 0.2) is 0 Å². The molecule has 0 aliphatic carbocycles. The van der Waals surface area contributed by atoms with Gasteiger partial charge in [-0.25, -0.2) is 0 Å². The average molecular weight is 689 g/mol. The van der Waals surface area contributed by atoms with Gasteiger partial charge in [0.2, 0.25) is 0 Å². The summed E-state index contributed by atoms with van der Waals surface area (Å²) in [6, 6.07) is 0. The van der Waals surface area contributed by atoms with Crippen molar-refractivity contribution in [2.45, 2.75) is 218 Å². The first kappa shape index (κ1) is 45.2. The van der Waals surface area contributed by atoms with Gasteiger partial charge in [0.05, 0.1) is 19.8 Å². The average Bonchev–Trinajstić information content (AvgIpc) is 3.09. The van der Waals surface area contributed by atoms with E-state index in [-0.39, 0.29) is 19.2 Å². The summed E-state index contributed by atoms with van der Waals surface area (Å²) in [6.45, 7) is 4.46. The Morgan fingerprint density at radius 1 is 0.583 bits per heavy atom. The van der Waals surface area contributed by atoms with Crippen LogP contribution in [0.1, 0.15) is 181 Å². The largest absolute Gasteiger partial charge is 0.457 e. The van der Waals surface area contributed by atoms with Gasteiger partial charge in [-0.1, -0.05) is 162 Å². The third kappa shape index (κ3) is 23.6. The fourth-order valence-corrected chi connectivity index (χ4v) is 6.32. The first-order valence-corrected chi connectivity index (χ1v) is 20.1. The number of carbonyl (C=O) groups is 1. The fourth-order valence-electron chi connectivity index (χ4n) is 6.32. The Hall–Kier alpha value is -0.810. The lowest BCUT2D eigenvalue weighted by molar-refractivity contribution is -0.305. The Morgan fingerprint density at radius 2 is 1.02 bits per heavy atom. The molecule has 1 fully saturated rings. The molecule has 0 radical (unpaired) electrons. The molecule has 286 valence electrons. The van der Waals surface area contributed by atoms with Crippen LogP contribution in [-0.4, -0.2) is 89.6 Å². The normalized spacial score (nSPS) is 21.8. The van der Waals surface area contributed by atoms with Crippen LogP contribution in [-0.2, 0) is 23.7 Å². The maximum absolute atomic E-state index is 12.4. The molecule has 6 unspecified atom stereocenters. The second-order valence-corrected chi connectivity index (χ2v) is 14.1.